The molecule has 0 radical (unpaired) electrons. The second-order valence-electron chi connectivity index (χ2n) is 6.41. The summed E-state index contributed by atoms with van der Waals surface area (Å²) in [6.45, 7) is 9.92. The monoisotopic (exact) mass is 325 g/mol. The van der Waals surface area contributed by atoms with Gasteiger partial charge in [-0.05, 0) is 56.9 Å². The summed E-state index contributed by atoms with van der Waals surface area (Å²) < 4.78 is 5.88. The van der Waals surface area contributed by atoms with Gasteiger partial charge in [-0.25, -0.2) is 0 Å². The molecular formula is C21H27NO2. The Hall–Kier alpha value is -2.29. The SMILES string of the molecule is CC[C@@H](NC(=O)[C@@H](C)Oc1cc(C)ccc1C)c1ccc(C)cc1. The third-order valence-corrected chi connectivity index (χ3v) is 4.22. The summed E-state index contributed by atoms with van der Waals surface area (Å²) in [6.07, 6.45) is 0.301. The van der Waals surface area contributed by atoms with Crippen LogP contribution in [0.15, 0.2) is 42.5 Å². The lowest BCUT2D eigenvalue weighted by Gasteiger charge is -2.22. The first-order valence-corrected chi connectivity index (χ1v) is 8.51. The number of carbonyl (C=O) groups is 1. The van der Waals surface area contributed by atoms with E-state index in [0.29, 0.717) is 0 Å². The smallest absolute Gasteiger partial charge is 0.261 e. The van der Waals surface area contributed by atoms with Gasteiger partial charge >= 0.3 is 0 Å². The predicted molar refractivity (Wildman–Crippen MR) is 98.4 cm³/mol. The molecule has 0 aliphatic rings. The molecule has 0 bridgehead atoms. The van der Waals surface area contributed by atoms with Gasteiger partial charge < -0.3 is 10.1 Å². The molecule has 0 aromatic heterocycles. The van der Waals surface area contributed by atoms with Gasteiger partial charge in [0.05, 0.1) is 6.04 Å². The molecule has 2 atom stereocenters. The van der Waals surface area contributed by atoms with E-state index in [1.807, 2.05) is 32.0 Å². The van der Waals surface area contributed by atoms with Crippen LogP contribution in [0.3, 0.4) is 0 Å². The van der Waals surface area contributed by atoms with Gasteiger partial charge in [0.25, 0.3) is 5.91 Å². The van der Waals surface area contributed by atoms with Crippen LogP contribution in [0.25, 0.3) is 0 Å². The van der Waals surface area contributed by atoms with Gasteiger partial charge in [0.1, 0.15) is 5.75 Å². The van der Waals surface area contributed by atoms with Crippen LogP contribution in [0.1, 0.15) is 48.6 Å². The van der Waals surface area contributed by atoms with Crippen molar-refractivity contribution in [1.82, 2.24) is 5.32 Å². The first-order valence-electron chi connectivity index (χ1n) is 8.51. The van der Waals surface area contributed by atoms with Crippen molar-refractivity contribution in [3.8, 4) is 5.75 Å². The molecular weight excluding hydrogens is 298 g/mol. The number of aryl methyl sites for hydroxylation is 3. The maximum atomic E-state index is 12.5. The molecule has 2 rings (SSSR count). The second kappa shape index (κ2) is 8.00. The van der Waals surface area contributed by atoms with Gasteiger partial charge in [-0.15, -0.1) is 0 Å². The Kier molecular flexibility index (Phi) is 6.02. The Morgan fingerprint density at radius 2 is 1.67 bits per heavy atom. The van der Waals surface area contributed by atoms with E-state index in [0.717, 1.165) is 28.9 Å². The van der Waals surface area contributed by atoms with Crippen LogP contribution in [-0.2, 0) is 4.79 Å². The van der Waals surface area contributed by atoms with Crippen molar-refractivity contribution in [2.45, 2.75) is 53.2 Å². The molecule has 0 spiro atoms. The zero-order valence-corrected chi connectivity index (χ0v) is 15.2. The van der Waals surface area contributed by atoms with Crippen LogP contribution >= 0.6 is 0 Å². The van der Waals surface area contributed by atoms with E-state index in [2.05, 4.69) is 43.4 Å². The van der Waals surface area contributed by atoms with E-state index in [1.165, 1.54) is 5.56 Å². The van der Waals surface area contributed by atoms with Crippen molar-refractivity contribution in [3.05, 3.63) is 64.7 Å². The number of hydrogen-bond acceptors (Lipinski definition) is 2. The Balaban J connectivity index is 2.04. The fraction of sp³-hybridized carbons (Fsp3) is 0.381. The first kappa shape index (κ1) is 18.1. The highest BCUT2D eigenvalue weighted by atomic mass is 16.5. The number of rotatable bonds is 6. The fourth-order valence-electron chi connectivity index (χ4n) is 2.59. The molecule has 0 heterocycles. The van der Waals surface area contributed by atoms with Crippen LogP contribution in [0, 0.1) is 20.8 Å². The molecule has 0 aliphatic carbocycles. The highest BCUT2D eigenvalue weighted by Gasteiger charge is 2.20. The standard InChI is InChI=1S/C21H27NO2/c1-6-19(18-11-8-14(2)9-12-18)22-21(23)17(5)24-20-13-15(3)7-10-16(20)4/h7-13,17,19H,6H2,1-5H3,(H,22,23)/t17-,19-/m1/s1. The molecule has 2 aromatic rings. The summed E-state index contributed by atoms with van der Waals surface area (Å²) in [5.41, 5.74) is 4.49. The molecule has 3 nitrogen and oxygen atoms in total. The van der Waals surface area contributed by atoms with E-state index >= 15 is 0 Å². The van der Waals surface area contributed by atoms with Crippen molar-refractivity contribution in [1.29, 1.82) is 0 Å². The minimum Gasteiger partial charge on any atom is -0.481 e. The van der Waals surface area contributed by atoms with Crippen molar-refractivity contribution in [3.63, 3.8) is 0 Å². The Bertz CT molecular complexity index is 691. The summed E-state index contributed by atoms with van der Waals surface area (Å²) in [4.78, 5) is 12.5. The Labute approximate surface area is 145 Å². The zero-order valence-electron chi connectivity index (χ0n) is 15.2. The number of nitrogens with one attached hydrogen (secondary N) is 1. The van der Waals surface area contributed by atoms with E-state index in [4.69, 9.17) is 4.74 Å². The van der Waals surface area contributed by atoms with Gasteiger partial charge in [0.2, 0.25) is 0 Å². The molecule has 24 heavy (non-hydrogen) atoms. The van der Waals surface area contributed by atoms with E-state index < -0.39 is 6.10 Å². The maximum absolute atomic E-state index is 12.5. The van der Waals surface area contributed by atoms with Crippen LogP contribution < -0.4 is 10.1 Å². The summed E-state index contributed by atoms with van der Waals surface area (Å²) in [5, 5.41) is 3.09. The fourth-order valence-corrected chi connectivity index (χ4v) is 2.59. The molecule has 2 aromatic carbocycles. The van der Waals surface area contributed by atoms with E-state index in [-0.39, 0.29) is 11.9 Å². The summed E-state index contributed by atoms with van der Waals surface area (Å²) in [6, 6.07) is 14.3. The van der Waals surface area contributed by atoms with Crippen molar-refractivity contribution in [2.75, 3.05) is 0 Å². The lowest BCUT2D eigenvalue weighted by atomic mass is 10.0. The summed E-state index contributed by atoms with van der Waals surface area (Å²) in [5.74, 6) is 0.671. The van der Waals surface area contributed by atoms with Gasteiger partial charge in [-0.1, -0.05) is 48.9 Å². The third-order valence-electron chi connectivity index (χ3n) is 4.22. The van der Waals surface area contributed by atoms with Crippen molar-refractivity contribution >= 4 is 5.91 Å². The van der Waals surface area contributed by atoms with Crippen molar-refractivity contribution < 1.29 is 9.53 Å². The number of hydrogen-bond donors (Lipinski definition) is 1. The van der Waals surface area contributed by atoms with Gasteiger partial charge in [0.15, 0.2) is 6.10 Å². The normalized spacial score (nSPS) is 13.2. The molecule has 3 heteroatoms. The van der Waals surface area contributed by atoms with Crippen LogP contribution in [0.4, 0.5) is 0 Å². The van der Waals surface area contributed by atoms with E-state index in [9.17, 15) is 4.79 Å². The van der Waals surface area contributed by atoms with Crippen LogP contribution in [0.5, 0.6) is 5.75 Å². The first-order chi connectivity index (χ1) is 11.4. The molecule has 0 unspecified atom stereocenters. The average Bonchev–Trinajstić information content (AvgIpc) is 2.56. The van der Waals surface area contributed by atoms with Crippen LogP contribution in [0.2, 0.25) is 0 Å². The molecule has 1 N–H and O–H groups in total. The second-order valence-corrected chi connectivity index (χ2v) is 6.41. The molecule has 0 aliphatic heterocycles. The Morgan fingerprint density at radius 3 is 2.29 bits per heavy atom. The Morgan fingerprint density at radius 1 is 1.04 bits per heavy atom. The third kappa shape index (κ3) is 4.60. The molecule has 0 saturated carbocycles. The van der Waals surface area contributed by atoms with Crippen LogP contribution in [-0.4, -0.2) is 12.0 Å². The number of amides is 1. The maximum Gasteiger partial charge on any atom is 0.261 e. The topological polar surface area (TPSA) is 38.3 Å². The summed E-state index contributed by atoms with van der Waals surface area (Å²) in [7, 11) is 0. The van der Waals surface area contributed by atoms with E-state index in [1.54, 1.807) is 6.92 Å². The number of benzene rings is 2. The van der Waals surface area contributed by atoms with Gasteiger partial charge in [-0.3, -0.25) is 4.79 Å². The van der Waals surface area contributed by atoms with Gasteiger partial charge in [0, 0.05) is 0 Å². The van der Waals surface area contributed by atoms with Gasteiger partial charge in [-0.2, -0.15) is 0 Å². The zero-order chi connectivity index (χ0) is 17.7. The lowest BCUT2D eigenvalue weighted by molar-refractivity contribution is -0.128. The highest BCUT2D eigenvalue weighted by molar-refractivity contribution is 5.81. The quantitative estimate of drug-likeness (QED) is 0.840. The van der Waals surface area contributed by atoms with Crippen molar-refractivity contribution in [2.24, 2.45) is 0 Å². The lowest BCUT2D eigenvalue weighted by Crippen LogP contribution is -2.38. The molecule has 0 saturated heterocycles. The predicted octanol–water partition coefficient (Wildman–Crippen LogP) is 4.65. The minimum absolute atomic E-state index is 0.00255. The average molecular weight is 325 g/mol. The molecule has 1 amide bonds. The molecule has 128 valence electrons. The number of ether oxygens (including phenoxy) is 1. The minimum atomic E-state index is -0.537. The summed E-state index contributed by atoms with van der Waals surface area (Å²) >= 11 is 0. The highest BCUT2D eigenvalue weighted by Crippen LogP contribution is 2.21. The largest absolute Gasteiger partial charge is 0.481 e. The molecule has 0 fully saturated rings. The number of carbonyl (C=O) groups excluding carboxylic acids is 1.